The van der Waals surface area contributed by atoms with Crippen molar-refractivity contribution in [3.63, 3.8) is 0 Å². The number of anilines is 1. The summed E-state index contributed by atoms with van der Waals surface area (Å²) in [5.74, 6) is 1.39. The molecule has 0 fully saturated rings. The molecule has 0 aliphatic rings. The van der Waals surface area contributed by atoms with E-state index in [-0.39, 0.29) is 5.91 Å². The second kappa shape index (κ2) is 7.84. The lowest BCUT2D eigenvalue weighted by atomic mass is 10.1. The minimum Gasteiger partial charge on any atom is -0.325 e. The van der Waals surface area contributed by atoms with E-state index in [0.29, 0.717) is 5.75 Å². The van der Waals surface area contributed by atoms with Gasteiger partial charge in [0, 0.05) is 15.0 Å². The van der Waals surface area contributed by atoms with Crippen molar-refractivity contribution in [2.45, 2.75) is 19.6 Å². The molecule has 0 unspecified atom stereocenters. The van der Waals surface area contributed by atoms with Crippen LogP contribution in [0, 0.1) is 17.4 Å². The van der Waals surface area contributed by atoms with Gasteiger partial charge in [-0.3, -0.25) is 4.79 Å². The number of amides is 1. The smallest absolute Gasteiger partial charge is 0.234 e. The zero-order chi connectivity index (χ0) is 15.2. The predicted molar refractivity (Wildman–Crippen MR) is 99.9 cm³/mol. The molecule has 21 heavy (non-hydrogen) atoms. The molecule has 2 aromatic rings. The van der Waals surface area contributed by atoms with Crippen molar-refractivity contribution < 1.29 is 4.79 Å². The number of hydrogen-bond donors (Lipinski definition) is 1. The van der Waals surface area contributed by atoms with Crippen LogP contribution >= 0.6 is 34.4 Å². The van der Waals surface area contributed by atoms with Crippen LogP contribution in [0.3, 0.4) is 0 Å². The van der Waals surface area contributed by atoms with Gasteiger partial charge >= 0.3 is 0 Å². The van der Waals surface area contributed by atoms with E-state index in [9.17, 15) is 4.79 Å². The number of rotatable bonds is 5. The summed E-state index contributed by atoms with van der Waals surface area (Å²) < 4.78 is 1.18. The summed E-state index contributed by atoms with van der Waals surface area (Å²) >= 11 is 3.91. The average molecular weight is 411 g/mol. The van der Waals surface area contributed by atoms with Gasteiger partial charge in [0.1, 0.15) is 0 Å². The number of hydrogen-bond acceptors (Lipinski definition) is 2. The van der Waals surface area contributed by atoms with Crippen molar-refractivity contribution in [1.29, 1.82) is 0 Å². The first kappa shape index (κ1) is 16.4. The van der Waals surface area contributed by atoms with Gasteiger partial charge in [-0.2, -0.15) is 0 Å². The van der Waals surface area contributed by atoms with Crippen molar-refractivity contribution in [2.75, 3.05) is 11.1 Å². The highest BCUT2D eigenvalue weighted by molar-refractivity contribution is 14.1. The molecule has 0 spiro atoms. The first-order valence-corrected chi connectivity index (χ1v) is 8.98. The predicted octanol–water partition coefficient (Wildman–Crippen LogP) is 4.78. The minimum absolute atomic E-state index is 0.0536. The summed E-state index contributed by atoms with van der Waals surface area (Å²) in [6, 6.07) is 14.3. The zero-order valence-electron chi connectivity index (χ0n) is 12.2. The van der Waals surface area contributed by atoms with E-state index in [2.05, 4.69) is 53.0 Å². The maximum atomic E-state index is 12.0. The van der Waals surface area contributed by atoms with E-state index in [1.54, 1.807) is 11.8 Å². The Bertz CT molecular complexity index is 642. The lowest BCUT2D eigenvalue weighted by Gasteiger charge is -2.09. The fourth-order valence-electron chi connectivity index (χ4n) is 1.98. The molecule has 1 N–H and O–H groups in total. The molecule has 0 aromatic heterocycles. The Morgan fingerprint density at radius 1 is 1.14 bits per heavy atom. The van der Waals surface area contributed by atoms with Crippen LogP contribution in [-0.2, 0) is 10.5 Å². The van der Waals surface area contributed by atoms with Crippen molar-refractivity contribution in [2.24, 2.45) is 0 Å². The van der Waals surface area contributed by atoms with Gasteiger partial charge in [-0.15, -0.1) is 11.8 Å². The fourth-order valence-corrected chi connectivity index (χ4v) is 3.53. The standard InChI is InChI=1S/C17H18INOS/c1-12-5-3-4-6-14(12)10-21-11-17(20)19-16-8-7-15(18)9-13(16)2/h3-9H,10-11H2,1-2H3,(H,19,20). The van der Waals surface area contributed by atoms with Crippen LogP contribution in [0.25, 0.3) is 0 Å². The summed E-state index contributed by atoms with van der Waals surface area (Å²) in [5.41, 5.74) is 4.57. The highest BCUT2D eigenvalue weighted by atomic mass is 127. The summed E-state index contributed by atoms with van der Waals surface area (Å²) in [7, 11) is 0. The lowest BCUT2D eigenvalue weighted by molar-refractivity contribution is -0.113. The number of nitrogens with one attached hydrogen (secondary N) is 1. The molecule has 2 aromatic carbocycles. The van der Waals surface area contributed by atoms with Crippen LogP contribution in [0.2, 0.25) is 0 Å². The van der Waals surface area contributed by atoms with Gasteiger partial charge in [-0.05, 0) is 71.3 Å². The molecule has 0 bridgehead atoms. The number of aryl methyl sites for hydroxylation is 2. The number of carbonyl (C=O) groups is 1. The minimum atomic E-state index is 0.0536. The van der Waals surface area contributed by atoms with Crippen molar-refractivity contribution in [3.8, 4) is 0 Å². The number of halogens is 1. The maximum Gasteiger partial charge on any atom is 0.234 e. The molecule has 0 saturated heterocycles. The molecule has 0 saturated carbocycles. The molecule has 0 aliphatic heterocycles. The molecule has 2 nitrogen and oxygen atoms in total. The Hall–Kier alpha value is -1.01. The topological polar surface area (TPSA) is 29.1 Å². The van der Waals surface area contributed by atoms with Crippen LogP contribution < -0.4 is 5.32 Å². The van der Waals surface area contributed by atoms with Crippen molar-refractivity contribution >= 4 is 45.9 Å². The van der Waals surface area contributed by atoms with E-state index < -0.39 is 0 Å². The van der Waals surface area contributed by atoms with E-state index >= 15 is 0 Å². The molecule has 4 heteroatoms. The fraction of sp³-hybridized carbons (Fsp3) is 0.235. The molecule has 0 radical (unpaired) electrons. The molecular weight excluding hydrogens is 393 g/mol. The third-order valence-electron chi connectivity index (χ3n) is 3.21. The molecule has 0 aliphatic carbocycles. The number of carbonyl (C=O) groups excluding carboxylic acids is 1. The maximum absolute atomic E-state index is 12.0. The highest BCUT2D eigenvalue weighted by Gasteiger charge is 2.06. The Morgan fingerprint density at radius 2 is 1.90 bits per heavy atom. The second-order valence-corrected chi connectivity index (χ2v) is 7.16. The quantitative estimate of drug-likeness (QED) is 0.718. The zero-order valence-corrected chi connectivity index (χ0v) is 15.1. The van der Waals surface area contributed by atoms with Crippen LogP contribution in [0.1, 0.15) is 16.7 Å². The largest absolute Gasteiger partial charge is 0.325 e. The molecule has 110 valence electrons. The molecule has 1 amide bonds. The van der Waals surface area contributed by atoms with Crippen LogP contribution in [-0.4, -0.2) is 11.7 Å². The van der Waals surface area contributed by atoms with E-state index in [4.69, 9.17) is 0 Å². The van der Waals surface area contributed by atoms with Gasteiger partial charge in [-0.1, -0.05) is 24.3 Å². The van der Waals surface area contributed by atoms with Gasteiger partial charge in [0.25, 0.3) is 0 Å². The lowest BCUT2D eigenvalue weighted by Crippen LogP contribution is -2.15. The monoisotopic (exact) mass is 411 g/mol. The van der Waals surface area contributed by atoms with Crippen LogP contribution in [0.4, 0.5) is 5.69 Å². The van der Waals surface area contributed by atoms with Crippen LogP contribution in [0.15, 0.2) is 42.5 Å². The van der Waals surface area contributed by atoms with Gasteiger partial charge in [0.2, 0.25) is 5.91 Å². The normalized spacial score (nSPS) is 10.4. The van der Waals surface area contributed by atoms with Crippen LogP contribution in [0.5, 0.6) is 0 Å². The number of benzene rings is 2. The number of thioether (sulfide) groups is 1. The molecule has 2 rings (SSSR count). The van der Waals surface area contributed by atoms with Crippen molar-refractivity contribution in [3.05, 3.63) is 62.7 Å². The third kappa shape index (κ3) is 5.04. The second-order valence-electron chi connectivity index (χ2n) is 4.93. The summed E-state index contributed by atoms with van der Waals surface area (Å²) in [4.78, 5) is 12.0. The molecular formula is C17H18INOS. The third-order valence-corrected chi connectivity index (χ3v) is 4.87. The van der Waals surface area contributed by atoms with Crippen molar-refractivity contribution in [1.82, 2.24) is 0 Å². The van der Waals surface area contributed by atoms with E-state index in [0.717, 1.165) is 17.0 Å². The average Bonchev–Trinajstić information content (AvgIpc) is 2.44. The van der Waals surface area contributed by atoms with Gasteiger partial charge in [-0.25, -0.2) is 0 Å². The highest BCUT2D eigenvalue weighted by Crippen LogP contribution is 2.19. The van der Waals surface area contributed by atoms with E-state index in [1.165, 1.54) is 14.7 Å². The Morgan fingerprint density at radius 3 is 2.62 bits per heavy atom. The van der Waals surface area contributed by atoms with Gasteiger partial charge < -0.3 is 5.32 Å². The van der Waals surface area contributed by atoms with E-state index in [1.807, 2.05) is 31.2 Å². The SMILES string of the molecule is Cc1ccccc1CSCC(=O)Nc1ccc(I)cc1C. The Kier molecular flexibility index (Phi) is 6.11. The first-order valence-electron chi connectivity index (χ1n) is 6.74. The van der Waals surface area contributed by atoms with Gasteiger partial charge in [0.15, 0.2) is 0 Å². The summed E-state index contributed by atoms with van der Waals surface area (Å²) in [5, 5.41) is 2.98. The Balaban J connectivity index is 1.84. The molecule has 0 heterocycles. The van der Waals surface area contributed by atoms with Gasteiger partial charge in [0.05, 0.1) is 5.75 Å². The molecule has 0 atom stereocenters. The summed E-state index contributed by atoms with van der Waals surface area (Å²) in [6.45, 7) is 4.11. The summed E-state index contributed by atoms with van der Waals surface area (Å²) in [6.07, 6.45) is 0. The Labute approximate surface area is 143 Å². The first-order chi connectivity index (χ1) is 10.1.